The molecular weight excluding hydrogens is 190 g/mol. The summed E-state index contributed by atoms with van der Waals surface area (Å²) in [4.78, 5) is 24.0. The van der Waals surface area contributed by atoms with Gasteiger partial charge in [-0.1, -0.05) is 0 Å². The van der Waals surface area contributed by atoms with E-state index in [0.29, 0.717) is 11.2 Å². The largest absolute Gasteiger partial charge is 0.292 e. The van der Waals surface area contributed by atoms with E-state index < -0.39 is 0 Å². The van der Waals surface area contributed by atoms with Crippen LogP contribution in [0, 0.1) is 0 Å². The van der Waals surface area contributed by atoms with Crippen molar-refractivity contribution in [3.8, 4) is 0 Å². The number of nitrogens with zero attached hydrogens (tertiary/aromatic N) is 3. The number of ketones is 1. The second-order valence-corrected chi connectivity index (χ2v) is 3.36. The highest BCUT2D eigenvalue weighted by Gasteiger charge is 2.17. The van der Waals surface area contributed by atoms with Gasteiger partial charge in [0, 0.05) is 35.1 Å². The molecule has 1 aliphatic rings. The minimum absolute atomic E-state index is 0.0351. The standard InChI is InChI=1S/C11H7N3O/c15-9-6-12-4-7-5-14-11-8(10(7)9)2-1-3-13-11/h1-5H,6H2. The maximum atomic E-state index is 11.7. The van der Waals surface area contributed by atoms with Crippen LogP contribution < -0.4 is 0 Å². The molecule has 0 aromatic carbocycles. The van der Waals surface area contributed by atoms with E-state index in [4.69, 9.17) is 0 Å². The Labute approximate surface area is 85.7 Å². The molecule has 0 unspecified atom stereocenters. The van der Waals surface area contributed by atoms with E-state index >= 15 is 0 Å². The molecule has 2 aromatic rings. The summed E-state index contributed by atoms with van der Waals surface area (Å²) in [7, 11) is 0. The topological polar surface area (TPSA) is 55.2 Å². The summed E-state index contributed by atoms with van der Waals surface area (Å²) in [5, 5.41) is 0.811. The lowest BCUT2D eigenvalue weighted by Gasteiger charge is -2.10. The Morgan fingerprint density at radius 3 is 3.13 bits per heavy atom. The molecule has 4 nitrogen and oxygen atoms in total. The molecule has 4 heteroatoms. The minimum atomic E-state index is 0.0351. The average molecular weight is 197 g/mol. The molecule has 0 fully saturated rings. The van der Waals surface area contributed by atoms with E-state index in [2.05, 4.69) is 15.0 Å². The summed E-state index contributed by atoms with van der Waals surface area (Å²) in [6.45, 7) is 0.223. The van der Waals surface area contributed by atoms with Crippen molar-refractivity contribution < 1.29 is 4.79 Å². The number of pyridine rings is 2. The fourth-order valence-corrected chi connectivity index (χ4v) is 1.76. The van der Waals surface area contributed by atoms with Crippen LogP contribution in [-0.2, 0) is 0 Å². The predicted octanol–water partition coefficient (Wildman–Crippen LogP) is 1.24. The molecule has 0 spiro atoms. The van der Waals surface area contributed by atoms with Gasteiger partial charge in [0.1, 0.15) is 6.54 Å². The van der Waals surface area contributed by atoms with Crippen molar-refractivity contribution >= 4 is 23.0 Å². The molecule has 0 saturated heterocycles. The summed E-state index contributed by atoms with van der Waals surface area (Å²) >= 11 is 0. The van der Waals surface area contributed by atoms with Gasteiger partial charge in [-0.15, -0.1) is 0 Å². The van der Waals surface area contributed by atoms with Crippen LogP contribution in [0.4, 0.5) is 0 Å². The minimum Gasteiger partial charge on any atom is -0.292 e. The number of carbonyl (C=O) groups is 1. The smallest absolute Gasteiger partial charge is 0.185 e. The summed E-state index contributed by atoms with van der Waals surface area (Å²) < 4.78 is 0. The molecule has 0 atom stereocenters. The molecule has 3 heterocycles. The highest BCUT2D eigenvalue weighted by atomic mass is 16.1. The van der Waals surface area contributed by atoms with Crippen LogP contribution in [0.5, 0.6) is 0 Å². The summed E-state index contributed by atoms with van der Waals surface area (Å²) in [6.07, 6.45) is 5.00. The Morgan fingerprint density at radius 2 is 2.20 bits per heavy atom. The second-order valence-electron chi connectivity index (χ2n) is 3.36. The summed E-state index contributed by atoms with van der Waals surface area (Å²) in [6, 6.07) is 3.68. The number of hydrogen-bond donors (Lipinski definition) is 0. The molecule has 0 amide bonds. The molecule has 0 saturated carbocycles. The Hall–Kier alpha value is -2.10. The van der Waals surface area contributed by atoms with E-state index in [-0.39, 0.29) is 12.3 Å². The van der Waals surface area contributed by atoms with Crippen molar-refractivity contribution in [2.45, 2.75) is 0 Å². The molecule has 0 aliphatic carbocycles. The molecule has 3 rings (SSSR count). The van der Waals surface area contributed by atoms with E-state index in [9.17, 15) is 4.79 Å². The van der Waals surface area contributed by atoms with Gasteiger partial charge in [0.05, 0.1) is 0 Å². The highest BCUT2D eigenvalue weighted by molar-refractivity contribution is 6.15. The second kappa shape index (κ2) is 2.95. The van der Waals surface area contributed by atoms with Gasteiger partial charge in [0.25, 0.3) is 0 Å². The highest BCUT2D eigenvalue weighted by Crippen LogP contribution is 2.20. The van der Waals surface area contributed by atoms with Gasteiger partial charge in [-0.25, -0.2) is 9.97 Å². The first-order valence-corrected chi connectivity index (χ1v) is 4.63. The summed E-state index contributed by atoms with van der Waals surface area (Å²) in [5.74, 6) is 0.0351. The van der Waals surface area contributed by atoms with Crippen molar-refractivity contribution in [1.82, 2.24) is 9.97 Å². The zero-order chi connectivity index (χ0) is 10.3. The third kappa shape index (κ3) is 1.15. The Morgan fingerprint density at radius 1 is 1.27 bits per heavy atom. The van der Waals surface area contributed by atoms with Crippen LogP contribution >= 0.6 is 0 Å². The lowest BCUT2D eigenvalue weighted by molar-refractivity contribution is 0.100. The Kier molecular flexibility index (Phi) is 1.62. The fourth-order valence-electron chi connectivity index (χ4n) is 1.76. The van der Waals surface area contributed by atoms with E-state index in [1.807, 2.05) is 12.1 Å². The van der Waals surface area contributed by atoms with Gasteiger partial charge in [0.15, 0.2) is 11.4 Å². The van der Waals surface area contributed by atoms with Crippen LogP contribution in [0.3, 0.4) is 0 Å². The van der Waals surface area contributed by atoms with Gasteiger partial charge in [0.2, 0.25) is 0 Å². The molecule has 15 heavy (non-hydrogen) atoms. The first kappa shape index (κ1) is 8.23. The van der Waals surface area contributed by atoms with Crippen LogP contribution in [0.15, 0.2) is 29.5 Å². The van der Waals surface area contributed by atoms with Crippen molar-refractivity contribution in [2.75, 3.05) is 6.54 Å². The van der Waals surface area contributed by atoms with E-state index in [0.717, 1.165) is 10.9 Å². The van der Waals surface area contributed by atoms with Crippen LogP contribution in [-0.4, -0.2) is 28.5 Å². The molecule has 2 aromatic heterocycles. The lowest BCUT2D eigenvalue weighted by Crippen LogP contribution is -2.13. The predicted molar refractivity (Wildman–Crippen MR) is 56.3 cm³/mol. The molecule has 0 radical (unpaired) electrons. The SMILES string of the molecule is O=C1CN=Cc2cnc3ncccc3c21. The first-order valence-electron chi connectivity index (χ1n) is 4.63. The number of carbonyl (C=O) groups excluding carboxylic acids is 1. The van der Waals surface area contributed by atoms with Gasteiger partial charge >= 0.3 is 0 Å². The van der Waals surface area contributed by atoms with Gasteiger partial charge in [-0.2, -0.15) is 0 Å². The Balaban J connectivity index is 2.47. The molecular formula is C11H7N3O. The monoisotopic (exact) mass is 197 g/mol. The maximum Gasteiger partial charge on any atom is 0.185 e. The van der Waals surface area contributed by atoms with Crippen molar-refractivity contribution in [1.29, 1.82) is 0 Å². The molecule has 0 N–H and O–H groups in total. The fraction of sp³-hybridized carbons (Fsp3) is 0.0909. The van der Waals surface area contributed by atoms with Crippen molar-refractivity contribution in [3.05, 3.63) is 35.7 Å². The maximum absolute atomic E-state index is 11.7. The number of aliphatic imine (C=N–C) groups is 1. The van der Waals surface area contributed by atoms with Crippen molar-refractivity contribution in [2.24, 2.45) is 4.99 Å². The van der Waals surface area contributed by atoms with E-state index in [1.54, 1.807) is 18.6 Å². The lowest BCUT2D eigenvalue weighted by atomic mass is 10.0. The first-order chi connectivity index (χ1) is 7.36. The van der Waals surface area contributed by atoms with Crippen LogP contribution in [0.2, 0.25) is 0 Å². The van der Waals surface area contributed by atoms with Gasteiger partial charge < -0.3 is 0 Å². The molecule has 0 bridgehead atoms. The molecule has 1 aliphatic heterocycles. The third-order valence-corrected chi connectivity index (χ3v) is 2.41. The number of rotatable bonds is 0. The number of fused-ring (bicyclic) bond motifs is 3. The molecule has 72 valence electrons. The zero-order valence-corrected chi connectivity index (χ0v) is 7.84. The normalized spacial score (nSPS) is 14.3. The van der Waals surface area contributed by atoms with E-state index in [1.165, 1.54) is 0 Å². The number of aromatic nitrogens is 2. The number of Topliss-reactive ketones (excluding diaryl/α,β-unsaturated/α-hetero) is 1. The average Bonchev–Trinajstić information content (AvgIpc) is 2.29. The Bertz CT molecular complexity index is 589. The van der Waals surface area contributed by atoms with Crippen LogP contribution in [0.25, 0.3) is 11.0 Å². The zero-order valence-electron chi connectivity index (χ0n) is 7.84. The third-order valence-electron chi connectivity index (χ3n) is 2.41. The van der Waals surface area contributed by atoms with Gasteiger partial charge in [-0.05, 0) is 12.1 Å². The van der Waals surface area contributed by atoms with Gasteiger partial charge in [-0.3, -0.25) is 9.79 Å². The quantitative estimate of drug-likeness (QED) is 0.638. The summed E-state index contributed by atoms with van der Waals surface area (Å²) in [5.41, 5.74) is 2.09. The number of hydrogen-bond acceptors (Lipinski definition) is 4. The van der Waals surface area contributed by atoms with Crippen LogP contribution in [0.1, 0.15) is 15.9 Å². The van der Waals surface area contributed by atoms with Crippen molar-refractivity contribution in [3.63, 3.8) is 0 Å².